The maximum absolute atomic E-state index is 5.87. The molecule has 3 heteroatoms. The standard InChI is InChI=1S/C14H14N2S/c15-14(17-13-9-5-2-6-10-13)16-11-12-7-3-1-4-8-12/h1-10H,11H2,(H2,15,16). The zero-order chi connectivity index (χ0) is 11.9. The van der Waals surface area contributed by atoms with Crippen molar-refractivity contribution in [1.29, 1.82) is 0 Å². The normalized spacial score (nSPS) is 11.4. The number of hydrogen-bond acceptors (Lipinski definition) is 2. The van der Waals surface area contributed by atoms with Crippen molar-refractivity contribution in [3.63, 3.8) is 0 Å². The molecule has 2 nitrogen and oxygen atoms in total. The Morgan fingerprint density at radius 3 is 2.18 bits per heavy atom. The van der Waals surface area contributed by atoms with E-state index in [9.17, 15) is 0 Å². The van der Waals surface area contributed by atoms with Crippen LogP contribution < -0.4 is 5.73 Å². The minimum atomic E-state index is 0.597. The fraction of sp³-hybridized carbons (Fsp3) is 0.0714. The summed E-state index contributed by atoms with van der Waals surface area (Å²) < 4.78 is 0. The molecule has 0 saturated heterocycles. The Morgan fingerprint density at radius 2 is 1.53 bits per heavy atom. The zero-order valence-corrected chi connectivity index (χ0v) is 10.2. The van der Waals surface area contributed by atoms with Crippen LogP contribution in [0.25, 0.3) is 0 Å². The van der Waals surface area contributed by atoms with Gasteiger partial charge in [-0.2, -0.15) is 0 Å². The summed E-state index contributed by atoms with van der Waals surface area (Å²) >= 11 is 1.49. The summed E-state index contributed by atoms with van der Waals surface area (Å²) in [7, 11) is 0. The topological polar surface area (TPSA) is 38.4 Å². The van der Waals surface area contributed by atoms with Gasteiger partial charge in [0, 0.05) is 4.90 Å². The second-order valence-electron chi connectivity index (χ2n) is 3.56. The van der Waals surface area contributed by atoms with E-state index < -0.39 is 0 Å². The Hall–Kier alpha value is -1.74. The Kier molecular flexibility index (Phi) is 4.22. The van der Waals surface area contributed by atoms with Crippen molar-refractivity contribution in [2.75, 3.05) is 0 Å². The van der Waals surface area contributed by atoms with Gasteiger partial charge in [-0.25, -0.2) is 0 Å². The number of benzene rings is 2. The van der Waals surface area contributed by atoms with E-state index >= 15 is 0 Å². The number of rotatable bonds is 3. The van der Waals surface area contributed by atoms with Crippen LogP contribution in [0.1, 0.15) is 5.56 Å². The lowest BCUT2D eigenvalue weighted by Crippen LogP contribution is -2.06. The average molecular weight is 242 g/mol. The lowest BCUT2D eigenvalue weighted by Gasteiger charge is -2.01. The Morgan fingerprint density at radius 1 is 0.941 bits per heavy atom. The van der Waals surface area contributed by atoms with Crippen LogP contribution in [0, 0.1) is 0 Å². The molecular weight excluding hydrogens is 228 g/mol. The third-order valence-electron chi connectivity index (χ3n) is 2.23. The van der Waals surface area contributed by atoms with E-state index in [2.05, 4.69) is 4.99 Å². The molecule has 0 bridgehead atoms. The summed E-state index contributed by atoms with van der Waals surface area (Å²) in [5.74, 6) is 0. The second-order valence-corrected chi connectivity index (χ2v) is 4.65. The maximum Gasteiger partial charge on any atom is 0.159 e. The largest absolute Gasteiger partial charge is 0.378 e. The highest BCUT2D eigenvalue weighted by molar-refractivity contribution is 8.13. The lowest BCUT2D eigenvalue weighted by molar-refractivity contribution is 1.07. The molecule has 2 rings (SSSR count). The van der Waals surface area contributed by atoms with Gasteiger partial charge in [-0.05, 0) is 17.7 Å². The highest BCUT2D eigenvalue weighted by atomic mass is 32.2. The monoisotopic (exact) mass is 242 g/mol. The van der Waals surface area contributed by atoms with Crippen molar-refractivity contribution in [1.82, 2.24) is 0 Å². The van der Waals surface area contributed by atoms with E-state index in [1.807, 2.05) is 60.7 Å². The predicted octanol–water partition coefficient (Wildman–Crippen LogP) is 3.29. The van der Waals surface area contributed by atoms with E-state index in [0.29, 0.717) is 11.7 Å². The summed E-state index contributed by atoms with van der Waals surface area (Å²) in [6, 6.07) is 20.1. The molecule has 17 heavy (non-hydrogen) atoms. The number of aliphatic imine (C=N–C) groups is 1. The molecule has 0 aliphatic carbocycles. The van der Waals surface area contributed by atoms with Crippen molar-refractivity contribution in [2.45, 2.75) is 11.4 Å². The van der Waals surface area contributed by atoms with Gasteiger partial charge in [0.25, 0.3) is 0 Å². The maximum atomic E-state index is 5.87. The molecular formula is C14H14N2S. The van der Waals surface area contributed by atoms with Crippen LogP contribution in [0.5, 0.6) is 0 Å². The molecule has 0 unspecified atom stereocenters. The molecule has 2 aromatic rings. The third-order valence-corrected chi connectivity index (χ3v) is 3.07. The molecule has 0 saturated carbocycles. The van der Waals surface area contributed by atoms with Gasteiger partial charge >= 0.3 is 0 Å². The molecule has 0 fully saturated rings. The fourth-order valence-electron chi connectivity index (χ4n) is 1.39. The molecule has 2 aromatic carbocycles. The van der Waals surface area contributed by atoms with Crippen LogP contribution in [0.3, 0.4) is 0 Å². The van der Waals surface area contributed by atoms with Gasteiger partial charge in [0.05, 0.1) is 6.54 Å². The van der Waals surface area contributed by atoms with Gasteiger partial charge in [0.1, 0.15) is 0 Å². The van der Waals surface area contributed by atoms with E-state index in [1.54, 1.807) is 0 Å². The Bertz CT molecular complexity index is 480. The molecule has 0 amide bonds. The van der Waals surface area contributed by atoms with Crippen LogP contribution in [0.2, 0.25) is 0 Å². The molecule has 0 aliphatic heterocycles. The van der Waals surface area contributed by atoms with Crippen molar-refractivity contribution in [3.8, 4) is 0 Å². The number of amidine groups is 1. The van der Waals surface area contributed by atoms with E-state index in [1.165, 1.54) is 17.3 Å². The first-order valence-corrected chi connectivity index (χ1v) is 6.23. The number of hydrogen-bond donors (Lipinski definition) is 1. The molecule has 0 aliphatic rings. The third kappa shape index (κ3) is 3.96. The van der Waals surface area contributed by atoms with Crippen LogP contribution in [0.15, 0.2) is 70.6 Å². The zero-order valence-electron chi connectivity index (χ0n) is 9.41. The van der Waals surface area contributed by atoms with Gasteiger partial charge in [0.2, 0.25) is 0 Å². The van der Waals surface area contributed by atoms with Crippen LogP contribution in [-0.2, 0) is 6.54 Å². The van der Waals surface area contributed by atoms with Gasteiger partial charge in [-0.3, -0.25) is 4.99 Å². The summed E-state index contributed by atoms with van der Waals surface area (Å²) in [4.78, 5) is 5.46. The first-order chi connectivity index (χ1) is 8.34. The van der Waals surface area contributed by atoms with E-state index in [-0.39, 0.29) is 0 Å². The van der Waals surface area contributed by atoms with Crippen LogP contribution >= 0.6 is 11.8 Å². The van der Waals surface area contributed by atoms with Gasteiger partial charge < -0.3 is 5.73 Å². The molecule has 2 N–H and O–H groups in total. The average Bonchev–Trinajstić information content (AvgIpc) is 2.39. The molecule has 0 spiro atoms. The highest BCUT2D eigenvalue weighted by Gasteiger charge is 1.96. The Balaban J connectivity index is 1.94. The lowest BCUT2D eigenvalue weighted by atomic mass is 10.2. The Labute approximate surface area is 106 Å². The van der Waals surface area contributed by atoms with Crippen LogP contribution in [0.4, 0.5) is 0 Å². The minimum Gasteiger partial charge on any atom is -0.378 e. The smallest absolute Gasteiger partial charge is 0.159 e. The van der Waals surface area contributed by atoms with Crippen LogP contribution in [-0.4, -0.2) is 5.17 Å². The van der Waals surface area contributed by atoms with Crippen molar-refractivity contribution < 1.29 is 0 Å². The van der Waals surface area contributed by atoms with Crippen molar-refractivity contribution in [2.24, 2.45) is 10.7 Å². The number of nitrogens with zero attached hydrogens (tertiary/aromatic N) is 1. The fourth-order valence-corrected chi connectivity index (χ4v) is 2.06. The molecule has 0 radical (unpaired) electrons. The summed E-state index contributed by atoms with van der Waals surface area (Å²) in [5, 5.41) is 0.597. The molecule has 0 heterocycles. The highest BCUT2D eigenvalue weighted by Crippen LogP contribution is 2.17. The first kappa shape index (κ1) is 11.7. The molecule has 0 aromatic heterocycles. The molecule has 86 valence electrons. The second kappa shape index (κ2) is 6.11. The summed E-state index contributed by atoms with van der Waals surface area (Å²) in [5.41, 5.74) is 7.04. The molecule has 0 atom stereocenters. The van der Waals surface area contributed by atoms with Gasteiger partial charge in [-0.15, -0.1) is 0 Å². The van der Waals surface area contributed by atoms with Crippen molar-refractivity contribution >= 4 is 16.9 Å². The van der Waals surface area contributed by atoms with E-state index in [4.69, 9.17) is 5.73 Å². The summed E-state index contributed by atoms with van der Waals surface area (Å²) in [6.45, 7) is 0.631. The van der Waals surface area contributed by atoms with Gasteiger partial charge in [-0.1, -0.05) is 60.3 Å². The summed E-state index contributed by atoms with van der Waals surface area (Å²) in [6.07, 6.45) is 0. The SMILES string of the molecule is NC(=NCc1ccccc1)Sc1ccccc1. The van der Waals surface area contributed by atoms with Gasteiger partial charge in [0.15, 0.2) is 5.17 Å². The number of thioether (sulfide) groups is 1. The van der Waals surface area contributed by atoms with E-state index in [0.717, 1.165) is 4.90 Å². The minimum absolute atomic E-state index is 0.597. The quantitative estimate of drug-likeness (QED) is 0.509. The number of nitrogens with two attached hydrogens (primary N) is 1. The predicted molar refractivity (Wildman–Crippen MR) is 74.1 cm³/mol. The first-order valence-electron chi connectivity index (χ1n) is 5.41. The van der Waals surface area contributed by atoms with Crippen molar-refractivity contribution in [3.05, 3.63) is 66.2 Å².